The van der Waals surface area contributed by atoms with E-state index >= 15 is 0 Å². The standard InChI is InChI=1S/C52H105N2O6P/c1-6-8-10-12-13-14-15-16-17-18-19-20-21-22-23-24-25-26-27-28-29-30-31-32-33-34-35-36-37-38-39-40-41-42-44-46-52(56)53-50(51(55)45-43-11-9-7-2)49-60-61(57,58)59-48-47-54(3,4)5/h18-19,50-51,55H,6-17,20-49H2,1-5H3,(H-,53,56,57,58)/p+1/b19-18-. The number of likely N-dealkylation sites (N-methyl/N-ethyl adjacent to an activating group) is 1. The van der Waals surface area contributed by atoms with Crippen LogP contribution < -0.4 is 5.32 Å². The van der Waals surface area contributed by atoms with E-state index in [1.165, 1.54) is 193 Å². The summed E-state index contributed by atoms with van der Waals surface area (Å²) in [7, 11) is 1.62. The Balaban J connectivity index is 3.66. The third kappa shape index (κ3) is 47.0. The number of carbonyl (C=O) groups is 1. The fraction of sp³-hybridized carbons (Fsp3) is 0.942. The molecule has 0 aliphatic carbocycles. The molecule has 8 nitrogen and oxygen atoms in total. The molecular formula is C52H106N2O6P+. The maximum Gasteiger partial charge on any atom is 0.472 e. The maximum absolute atomic E-state index is 12.8. The molecule has 9 heteroatoms. The van der Waals surface area contributed by atoms with Crippen LogP contribution in [-0.2, 0) is 18.4 Å². The van der Waals surface area contributed by atoms with E-state index in [2.05, 4.69) is 31.3 Å². The predicted octanol–water partition coefficient (Wildman–Crippen LogP) is 15.5. The van der Waals surface area contributed by atoms with E-state index in [1.54, 1.807) is 0 Å². The number of nitrogens with zero attached hydrogens (tertiary/aromatic N) is 1. The lowest BCUT2D eigenvalue weighted by Crippen LogP contribution is -2.46. The van der Waals surface area contributed by atoms with E-state index in [9.17, 15) is 19.4 Å². The number of aliphatic hydroxyl groups is 1. The molecule has 1 amide bonds. The average Bonchev–Trinajstić information content (AvgIpc) is 3.21. The largest absolute Gasteiger partial charge is 0.472 e. The summed E-state index contributed by atoms with van der Waals surface area (Å²) in [6, 6.07) is -0.752. The van der Waals surface area contributed by atoms with Crippen LogP contribution in [0.15, 0.2) is 12.2 Å². The van der Waals surface area contributed by atoms with Gasteiger partial charge in [-0.1, -0.05) is 231 Å². The second-order valence-corrected chi connectivity index (χ2v) is 21.1. The zero-order valence-electron chi connectivity index (χ0n) is 41.4. The molecule has 0 aliphatic heterocycles. The van der Waals surface area contributed by atoms with Gasteiger partial charge in [0.25, 0.3) is 0 Å². The molecule has 0 radical (unpaired) electrons. The third-order valence-corrected chi connectivity index (χ3v) is 13.2. The van der Waals surface area contributed by atoms with Gasteiger partial charge in [0.1, 0.15) is 13.2 Å². The smallest absolute Gasteiger partial charge is 0.391 e. The van der Waals surface area contributed by atoms with Gasteiger partial charge in [0, 0.05) is 6.42 Å². The Kier molecular flexibility index (Phi) is 43.9. The number of quaternary nitrogens is 1. The Hall–Kier alpha value is -0.760. The van der Waals surface area contributed by atoms with Crippen molar-refractivity contribution in [3.05, 3.63) is 12.2 Å². The number of phosphoric acid groups is 1. The summed E-state index contributed by atoms with van der Waals surface area (Å²) in [6.07, 6.45) is 53.6. The van der Waals surface area contributed by atoms with Crippen LogP contribution in [0.3, 0.4) is 0 Å². The first-order valence-corrected chi connectivity index (χ1v) is 28.0. The SMILES string of the molecule is CCCCCCCCCC/C=C\CCCCCCCCCCCCCCCCCCCCCCCCCC(=O)NC(COP(=O)(O)OCC[N+](C)(C)C)C(O)CCCCCC. The molecule has 0 rings (SSSR count). The highest BCUT2D eigenvalue weighted by Crippen LogP contribution is 2.43. The highest BCUT2D eigenvalue weighted by atomic mass is 31.2. The summed E-state index contributed by atoms with van der Waals surface area (Å²) >= 11 is 0. The first-order chi connectivity index (χ1) is 29.5. The van der Waals surface area contributed by atoms with Crippen molar-refractivity contribution in [3.63, 3.8) is 0 Å². The molecule has 364 valence electrons. The van der Waals surface area contributed by atoms with Gasteiger partial charge in [0.2, 0.25) is 5.91 Å². The molecule has 61 heavy (non-hydrogen) atoms. The first kappa shape index (κ1) is 60.2. The summed E-state index contributed by atoms with van der Waals surface area (Å²) in [6.45, 7) is 4.79. The van der Waals surface area contributed by atoms with Gasteiger partial charge in [-0.2, -0.15) is 0 Å². The van der Waals surface area contributed by atoms with Crippen LogP contribution in [0.2, 0.25) is 0 Å². The maximum atomic E-state index is 12.8. The Morgan fingerprint density at radius 3 is 1.26 bits per heavy atom. The minimum absolute atomic E-state index is 0.0762. The van der Waals surface area contributed by atoms with Crippen molar-refractivity contribution in [3.8, 4) is 0 Å². The summed E-state index contributed by atoms with van der Waals surface area (Å²) < 4.78 is 23.4. The normalized spacial score (nSPS) is 14.1. The van der Waals surface area contributed by atoms with E-state index in [0.29, 0.717) is 23.9 Å². The fourth-order valence-electron chi connectivity index (χ4n) is 8.04. The number of phosphoric ester groups is 1. The molecule has 0 heterocycles. The molecule has 0 bridgehead atoms. The first-order valence-electron chi connectivity index (χ1n) is 26.6. The van der Waals surface area contributed by atoms with E-state index in [1.807, 2.05) is 21.1 Å². The lowest BCUT2D eigenvalue weighted by Gasteiger charge is -2.26. The van der Waals surface area contributed by atoms with E-state index < -0.39 is 20.0 Å². The molecule has 0 fully saturated rings. The van der Waals surface area contributed by atoms with Crippen LogP contribution in [-0.4, -0.2) is 73.4 Å². The Morgan fingerprint density at radius 2 is 0.885 bits per heavy atom. The summed E-state index contributed by atoms with van der Waals surface area (Å²) in [5.41, 5.74) is 0. The van der Waals surface area contributed by atoms with Crippen LogP contribution >= 0.6 is 7.82 Å². The van der Waals surface area contributed by atoms with Crippen molar-refractivity contribution in [1.29, 1.82) is 0 Å². The van der Waals surface area contributed by atoms with E-state index in [4.69, 9.17) is 9.05 Å². The second-order valence-electron chi connectivity index (χ2n) is 19.6. The van der Waals surface area contributed by atoms with Crippen molar-refractivity contribution < 1.29 is 32.9 Å². The number of rotatable bonds is 49. The fourth-order valence-corrected chi connectivity index (χ4v) is 8.78. The zero-order valence-corrected chi connectivity index (χ0v) is 42.3. The number of aliphatic hydroxyl groups excluding tert-OH is 1. The van der Waals surface area contributed by atoms with Crippen molar-refractivity contribution in [2.45, 2.75) is 276 Å². The predicted molar refractivity (Wildman–Crippen MR) is 263 cm³/mol. The lowest BCUT2D eigenvalue weighted by molar-refractivity contribution is -0.870. The number of hydrogen-bond acceptors (Lipinski definition) is 5. The molecule has 0 saturated heterocycles. The lowest BCUT2D eigenvalue weighted by atomic mass is 10.0. The molecular weight excluding hydrogens is 780 g/mol. The quantitative estimate of drug-likeness (QED) is 0.0243. The number of unbranched alkanes of at least 4 members (excludes halogenated alkanes) is 34. The van der Waals surface area contributed by atoms with Gasteiger partial charge in [0.15, 0.2) is 0 Å². The van der Waals surface area contributed by atoms with Gasteiger partial charge in [-0.3, -0.25) is 13.8 Å². The highest BCUT2D eigenvalue weighted by molar-refractivity contribution is 7.47. The van der Waals surface area contributed by atoms with Gasteiger partial charge in [-0.25, -0.2) is 4.57 Å². The van der Waals surface area contributed by atoms with Crippen LogP contribution in [0, 0.1) is 0 Å². The zero-order chi connectivity index (χ0) is 45.0. The second kappa shape index (κ2) is 44.4. The van der Waals surface area contributed by atoms with Crippen LogP contribution in [0.25, 0.3) is 0 Å². The topological polar surface area (TPSA) is 105 Å². The molecule has 3 atom stereocenters. The Bertz CT molecular complexity index is 1000. The van der Waals surface area contributed by atoms with Crippen LogP contribution in [0.4, 0.5) is 0 Å². The molecule has 0 aromatic carbocycles. The van der Waals surface area contributed by atoms with Crippen LogP contribution in [0.1, 0.15) is 264 Å². The van der Waals surface area contributed by atoms with Crippen LogP contribution in [0.5, 0.6) is 0 Å². The van der Waals surface area contributed by atoms with Crippen molar-refractivity contribution in [2.24, 2.45) is 0 Å². The molecule has 0 spiro atoms. The molecule has 0 aliphatic rings. The Labute approximate surface area is 380 Å². The van der Waals surface area contributed by atoms with Crippen molar-refractivity contribution in [1.82, 2.24) is 5.32 Å². The monoisotopic (exact) mass is 886 g/mol. The number of allylic oxidation sites excluding steroid dienone is 2. The van der Waals surface area contributed by atoms with Gasteiger partial charge in [-0.15, -0.1) is 0 Å². The van der Waals surface area contributed by atoms with E-state index in [-0.39, 0.29) is 19.1 Å². The number of carbonyl (C=O) groups excluding carboxylic acids is 1. The van der Waals surface area contributed by atoms with Gasteiger partial charge >= 0.3 is 7.82 Å². The molecule has 0 saturated carbocycles. The average molecular weight is 886 g/mol. The number of hydrogen-bond donors (Lipinski definition) is 3. The molecule has 3 N–H and O–H groups in total. The minimum atomic E-state index is -4.29. The summed E-state index contributed by atoms with van der Waals surface area (Å²) in [5, 5.41) is 13.7. The van der Waals surface area contributed by atoms with Gasteiger partial charge in [-0.05, 0) is 38.5 Å². The minimum Gasteiger partial charge on any atom is -0.391 e. The Morgan fingerprint density at radius 1 is 0.541 bits per heavy atom. The van der Waals surface area contributed by atoms with E-state index in [0.717, 1.165) is 44.9 Å². The van der Waals surface area contributed by atoms with Crippen molar-refractivity contribution in [2.75, 3.05) is 40.9 Å². The van der Waals surface area contributed by atoms with Crippen molar-refractivity contribution >= 4 is 13.7 Å². The number of amides is 1. The summed E-state index contributed by atoms with van der Waals surface area (Å²) in [4.78, 5) is 22.9. The third-order valence-electron chi connectivity index (χ3n) is 12.3. The molecule has 3 unspecified atom stereocenters. The van der Waals surface area contributed by atoms with Gasteiger partial charge < -0.3 is 19.8 Å². The highest BCUT2D eigenvalue weighted by Gasteiger charge is 2.28. The molecule has 0 aromatic rings. The number of nitrogens with one attached hydrogen (secondary N) is 1. The summed E-state index contributed by atoms with van der Waals surface area (Å²) in [5.74, 6) is -0.149. The van der Waals surface area contributed by atoms with Gasteiger partial charge in [0.05, 0.1) is 39.9 Å². The molecule has 0 aromatic heterocycles.